The first kappa shape index (κ1) is 28.2. The van der Waals surface area contributed by atoms with E-state index in [-0.39, 0.29) is 24.7 Å². The third-order valence-corrected chi connectivity index (χ3v) is 7.60. The van der Waals surface area contributed by atoms with Crippen LogP contribution in [-0.4, -0.2) is 39.8 Å². The lowest BCUT2D eigenvalue weighted by Gasteiger charge is -2.23. The molecule has 0 aliphatic rings. The number of halogens is 1. The third-order valence-electron chi connectivity index (χ3n) is 5.83. The number of aryl methyl sites for hydroxylation is 1. The summed E-state index contributed by atoms with van der Waals surface area (Å²) in [4.78, 5) is 24.4. The molecule has 0 saturated carbocycles. The number of carboxylic acids is 1. The Morgan fingerprint density at radius 1 is 1.15 bits per heavy atom. The highest BCUT2D eigenvalue weighted by Crippen LogP contribution is 2.36. The van der Waals surface area contributed by atoms with Gasteiger partial charge in [-0.15, -0.1) is 11.3 Å². The van der Waals surface area contributed by atoms with Crippen molar-refractivity contribution < 1.29 is 24.9 Å². The van der Waals surface area contributed by atoms with Gasteiger partial charge >= 0.3 is 5.97 Å². The summed E-state index contributed by atoms with van der Waals surface area (Å²) in [7, 11) is 0. The molecule has 2 aromatic rings. The summed E-state index contributed by atoms with van der Waals surface area (Å²) in [6.45, 7) is 3.49. The molecule has 7 heteroatoms. The Hall–Kier alpha value is -1.99. The van der Waals surface area contributed by atoms with Crippen LogP contribution in [-0.2, 0) is 16.0 Å². The number of aliphatic hydroxyl groups excluding tert-OH is 2. The molecular weight excluding hydrogens is 472 g/mol. The molecule has 3 unspecified atom stereocenters. The fourth-order valence-electron chi connectivity index (χ4n) is 3.86. The molecule has 0 amide bonds. The highest BCUT2D eigenvalue weighted by atomic mass is 35.5. The summed E-state index contributed by atoms with van der Waals surface area (Å²) in [5.41, 5.74) is 0. The van der Waals surface area contributed by atoms with Crippen LogP contribution >= 0.6 is 22.9 Å². The molecule has 0 saturated heterocycles. The first-order valence-electron chi connectivity index (χ1n) is 11.8. The van der Waals surface area contributed by atoms with Gasteiger partial charge in [0.25, 0.3) is 0 Å². The topological polar surface area (TPSA) is 94.8 Å². The second-order valence-electron chi connectivity index (χ2n) is 8.83. The molecule has 2 rings (SSSR count). The van der Waals surface area contributed by atoms with Crippen molar-refractivity contribution in [3.8, 4) is 0 Å². The van der Waals surface area contributed by atoms with E-state index in [4.69, 9.17) is 16.7 Å². The number of aliphatic carboxylic acids is 1. The summed E-state index contributed by atoms with van der Waals surface area (Å²) in [5.74, 6) is -1.74. The summed E-state index contributed by atoms with van der Waals surface area (Å²) in [6, 6.07) is 7.96. The zero-order valence-electron chi connectivity index (χ0n) is 19.8. The number of unbranched alkanes of at least 4 members (excludes halogenated alkanes) is 1. The van der Waals surface area contributed by atoms with Gasteiger partial charge in [-0.1, -0.05) is 68.0 Å². The fraction of sp³-hybridized carbons (Fsp3) is 0.481. The highest BCUT2D eigenvalue weighted by Gasteiger charge is 2.27. The van der Waals surface area contributed by atoms with Crippen molar-refractivity contribution in [1.29, 1.82) is 0 Å². The molecule has 0 spiro atoms. The van der Waals surface area contributed by atoms with E-state index in [2.05, 4.69) is 0 Å². The number of thiophene rings is 1. The second kappa shape index (κ2) is 14.4. The van der Waals surface area contributed by atoms with Crippen molar-refractivity contribution >= 4 is 44.8 Å². The molecule has 0 radical (unpaired) electrons. The van der Waals surface area contributed by atoms with Crippen molar-refractivity contribution in [2.24, 2.45) is 17.8 Å². The minimum absolute atomic E-state index is 0.0606. The van der Waals surface area contributed by atoms with Crippen molar-refractivity contribution in [2.75, 3.05) is 6.61 Å². The monoisotopic (exact) mass is 506 g/mol. The second-order valence-corrected chi connectivity index (χ2v) is 10.3. The Bertz CT molecular complexity index is 994. The number of hydrogen-bond donors (Lipinski definition) is 3. The largest absolute Gasteiger partial charge is 0.481 e. The lowest BCUT2D eigenvalue weighted by Crippen LogP contribution is -2.28. The van der Waals surface area contributed by atoms with Gasteiger partial charge in [0.15, 0.2) is 0 Å². The third kappa shape index (κ3) is 8.66. The van der Waals surface area contributed by atoms with Crippen LogP contribution in [0.5, 0.6) is 0 Å². The van der Waals surface area contributed by atoms with E-state index in [1.54, 1.807) is 23.5 Å². The molecule has 0 bridgehead atoms. The molecule has 186 valence electrons. The van der Waals surface area contributed by atoms with Gasteiger partial charge in [0.1, 0.15) is 5.78 Å². The maximum atomic E-state index is 12.8. The normalized spacial score (nSPS) is 14.9. The van der Waals surface area contributed by atoms with E-state index < -0.39 is 23.9 Å². The molecule has 0 aliphatic heterocycles. The summed E-state index contributed by atoms with van der Waals surface area (Å²) < 4.78 is 1.12. The van der Waals surface area contributed by atoms with E-state index in [1.165, 1.54) is 0 Å². The fourth-order valence-corrected chi connectivity index (χ4v) is 5.40. The minimum Gasteiger partial charge on any atom is -0.481 e. The molecule has 34 heavy (non-hydrogen) atoms. The van der Waals surface area contributed by atoms with Crippen LogP contribution in [0.15, 0.2) is 48.6 Å². The van der Waals surface area contributed by atoms with Gasteiger partial charge < -0.3 is 15.3 Å². The van der Waals surface area contributed by atoms with Crippen LogP contribution in [0.4, 0.5) is 0 Å². The zero-order valence-corrected chi connectivity index (χ0v) is 21.4. The average molecular weight is 507 g/mol. The van der Waals surface area contributed by atoms with Gasteiger partial charge in [0.2, 0.25) is 0 Å². The number of fused-ring (bicyclic) bond motifs is 1. The smallest absolute Gasteiger partial charge is 0.303 e. The van der Waals surface area contributed by atoms with E-state index in [9.17, 15) is 19.8 Å². The standard InChI is InChI=1S/C27H35ClO5S/c1-18(2)27(33)21(9-5-3-4-6-12-25(31)32)19(17-29)13-14-20(30)15-16-24-26(28)22-10-7-8-11-23(22)34-24/h3,5,7-8,10-11,13-14,18-21,29-30H,4,6,9,12,15-17H2,1-2H3,(H,31,32). The number of carboxylic acid groups (broad SMARTS) is 1. The van der Waals surface area contributed by atoms with Crippen LogP contribution < -0.4 is 0 Å². The van der Waals surface area contributed by atoms with E-state index in [1.807, 2.05) is 50.3 Å². The van der Waals surface area contributed by atoms with E-state index in [0.29, 0.717) is 32.1 Å². The summed E-state index contributed by atoms with van der Waals surface area (Å²) in [5, 5.41) is 31.0. The Labute approximate surface area is 210 Å². The van der Waals surface area contributed by atoms with Gasteiger partial charge in [-0.2, -0.15) is 0 Å². The highest BCUT2D eigenvalue weighted by molar-refractivity contribution is 7.19. The molecule has 3 atom stereocenters. The Morgan fingerprint density at radius 2 is 1.88 bits per heavy atom. The Morgan fingerprint density at radius 3 is 2.53 bits per heavy atom. The average Bonchev–Trinajstić information content (AvgIpc) is 3.13. The molecule has 3 N–H and O–H groups in total. The molecule has 0 aliphatic carbocycles. The molecule has 1 heterocycles. The van der Waals surface area contributed by atoms with Gasteiger partial charge in [-0.25, -0.2) is 0 Å². The maximum absolute atomic E-state index is 12.8. The van der Waals surface area contributed by atoms with E-state index >= 15 is 0 Å². The molecular formula is C27H35ClO5S. The number of benzene rings is 1. The van der Waals surface area contributed by atoms with Gasteiger partial charge in [-0.3, -0.25) is 9.59 Å². The number of rotatable bonds is 15. The maximum Gasteiger partial charge on any atom is 0.303 e. The number of Topliss-reactive ketones (excluding diaryl/α,β-unsaturated/α-hetero) is 1. The van der Waals surface area contributed by atoms with Crippen molar-refractivity contribution in [1.82, 2.24) is 0 Å². The number of ketones is 1. The van der Waals surface area contributed by atoms with Crippen LogP contribution in [0, 0.1) is 17.8 Å². The molecule has 5 nitrogen and oxygen atoms in total. The van der Waals surface area contributed by atoms with E-state index in [0.717, 1.165) is 20.0 Å². The van der Waals surface area contributed by atoms with Crippen LogP contribution in [0.2, 0.25) is 5.02 Å². The Kier molecular flexibility index (Phi) is 12.0. The van der Waals surface area contributed by atoms with Crippen molar-refractivity contribution in [3.05, 3.63) is 58.5 Å². The van der Waals surface area contributed by atoms with Crippen molar-refractivity contribution in [2.45, 2.75) is 58.5 Å². The molecule has 1 aromatic heterocycles. The number of carbonyl (C=O) groups is 2. The lowest BCUT2D eigenvalue weighted by molar-refractivity contribution is -0.137. The first-order chi connectivity index (χ1) is 16.2. The summed E-state index contributed by atoms with van der Waals surface area (Å²) in [6.07, 6.45) is 9.39. The number of hydrogen-bond acceptors (Lipinski definition) is 5. The van der Waals surface area contributed by atoms with Crippen LogP contribution in [0.3, 0.4) is 0 Å². The van der Waals surface area contributed by atoms with Crippen molar-refractivity contribution in [3.63, 3.8) is 0 Å². The van der Waals surface area contributed by atoms with Crippen LogP contribution in [0.1, 0.15) is 50.8 Å². The number of carbonyl (C=O) groups excluding carboxylic acids is 1. The number of aliphatic hydroxyl groups is 2. The predicted octanol–water partition coefficient (Wildman–Crippen LogP) is 6.06. The number of allylic oxidation sites excluding steroid dienone is 2. The Balaban J connectivity index is 1.98. The first-order valence-corrected chi connectivity index (χ1v) is 13.0. The zero-order chi connectivity index (χ0) is 25.1. The van der Waals surface area contributed by atoms with Gasteiger partial charge in [0, 0.05) is 39.1 Å². The van der Waals surface area contributed by atoms with Gasteiger partial charge in [-0.05, 0) is 38.2 Å². The van der Waals surface area contributed by atoms with Gasteiger partial charge in [0.05, 0.1) is 17.7 Å². The van der Waals surface area contributed by atoms with Crippen LogP contribution in [0.25, 0.3) is 10.1 Å². The molecule has 0 fully saturated rings. The SMILES string of the molecule is CC(C)C(=O)C(CC=CCCCC(=O)O)C(C=CC(O)CCc1sc2ccccc2c1Cl)CO. The molecule has 1 aromatic carbocycles. The summed E-state index contributed by atoms with van der Waals surface area (Å²) >= 11 is 8.13. The lowest BCUT2D eigenvalue weighted by atomic mass is 9.81. The predicted molar refractivity (Wildman–Crippen MR) is 139 cm³/mol. The quantitative estimate of drug-likeness (QED) is 0.202. The minimum atomic E-state index is -0.820.